The van der Waals surface area contributed by atoms with Crippen LogP contribution in [0.4, 0.5) is 0 Å². The summed E-state index contributed by atoms with van der Waals surface area (Å²) in [6.45, 7) is 5.16. The molecule has 0 fully saturated rings. The molecule has 0 spiro atoms. The van der Waals surface area contributed by atoms with Gasteiger partial charge in [-0.2, -0.15) is 5.10 Å². The lowest BCUT2D eigenvalue weighted by Gasteiger charge is -2.05. The Morgan fingerprint density at radius 3 is 1.97 bits per heavy atom. The molecule has 0 aliphatic rings. The van der Waals surface area contributed by atoms with Crippen molar-refractivity contribution in [1.29, 1.82) is 0 Å². The molecule has 1 rings (SSSR count). The first-order valence-corrected chi connectivity index (χ1v) is 11.8. The Hall–Kier alpha value is -1.84. The van der Waals surface area contributed by atoms with E-state index in [0.29, 0.717) is 6.42 Å². The van der Waals surface area contributed by atoms with Gasteiger partial charge in [0.25, 0.3) is 0 Å². The average molecular weight is 403 g/mol. The van der Waals surface area contributed by atoms with E-state index in [1.807, 2.05) is 24.3 Å². The molecule has 0 aliphatic carbocycles. The SMILES string of the molecule is CCCCCCCCCCCCCC(=O)N/N=C/c1ccc(OCCCC)cc1. The minimum absolute atomic E-state index is 0.00306. The number of ether oxygens (including phenoxy) is 1. The van der Waals surface area contributed by atoms with Crippen LogP contribution < -0.4 is 10.2 Å². The predicted octanol–water partition coefficient (Wildman–Crippen LogP) is 7.02. The van der Waals surface area contributed by atoms with Crippen molar-refractivity contribution < 1.29 is 9.53 Å². The Morgan fingerprint density at radius 1 is 0.828 bits per heavy atom. The Balaban J connectivity index is 2.00. The highest BCUT2D eigenvalue weighted by Crippen LogP contribution is 2.13. The van der Waals surface area contributed by atoms with E-state index in [0.717, 1.165) is 43.6 Å². The molecule has 4 heteroatoms. The summed E-state index contributed by atoms with van der Waals surface area (Å²) in [4.78, 5) is 11.8. The predicted molar refractivity (Wildman–Crippen MR) is 124 cm³/mol. The molecule has 1 amide bonds. The van der Waals surface area contributed by atoms with Crippen LogP contribution in [0.5, 0.6) is 5.75 Å². The molecule has 0 unspecified atom stereocenters. The summed E-state index contributed by atoms with van der Waals surface area (Å²) < 4.78 is 5.64. The van der Waals surface area contributed by atoms with Gasteiger partial charge in [-0.1, -0.05) is 84.5 Å². The van der Waals surface area contributed by atoms with Gasteiger partial charge in [-0.3, -0.25) is 4.79 Å². The van der Waals surface area contributed by atoms with Gasteiger partial charge in [0.15, 0.2) is 0 Å². The van der Waals surface area contributed by atoms with E-state index < -0.39 is 0 Å². The summed E-state index contributed by atoms with van der Waals surface area (Å²) in [5.41, 5.74) is 3.57. The van der Waals surface area contributed by atoms with Gasteiger partial charge in [-0.25, -0.2) is 5.43 Å². The molecule has 1 aromatic rings. The van der Waals surface area contributed by atoms with Gasteiger partial charge < -0.3 is 4.74 Å². The van der Waals surface area contributed by atoms with Crippen LogP contribution in [0.15, 0.2) is 29.4 Å². The third-order valence-corrected chi connectivity index (χ3v) is 5.06. The Kier molecular flexibility index (Phi) is 15.8. The quantitative estimate of drug-likeness (QED) is 0.163. The van der Waals surface area contributed by atoms with Crippen LogP contribution in [0, 0.1) is 0 Å². The zero-order valence-corrected chi connectivity index (χ0v) is 18.8. The van der Waals surface area contributed by atoms with Crippen LogP contribution in [-0.4, -0.2) is 18.7 Å². The third-order valence-electron chi connectivity index (χ3n) is 5.06. The summed E-state index contributed by atoms with van der Waals surface area (Å²) in [7, 11) is 0. The minimum atomic E-state index is -0.00306. The monoisotopic (exact) mass is 402 g/mol. The van der Waals surface area contributed by atoms with Crippen molar-refractivity contribution >= 4 is 12.1 Å². The van der Waals surface area contributed by atoms with Crippen LogP contribution >= 0.6 is 0 Å². The molecule has 0 aliphatic heterocycles. The number of amides is 1. The fourth-order valence-electron chi connectivity index (χ4n) is 3.17. The van der Waals surface area contributed by atoms with Gasteiger partial charge in [0, 0.05) is 6.42 Å². The molecule has 0 saturated heterocycles. The first kappa shape index (κ1) is 25.2. The van der Waals surface area contributed by atoms with Crippen LogP contribution in [0.25, 0.3) is 0 Å². The van der Waals surface area contributed by atoms with E-state index in [1.54, 1.807) is 6.21 Å². The van der Waals surface area contributed by atoms with Crippen LogP contribution in [-0.2, 0) is 4.79 Å². The lowest BCUT2D eigenvalue weighted by atomic mass is 10.1. The molecular formula is C25H42N2O2. The molecule has 4 nitrogen and oxygen atoms in total. The highest BCUT2D eigenvalue weighted by atomic mass is 16.5. The molecule has 0 radical (unpaired) electrons. The van der Waals surface area contributed by atoms with Crippen molar-refractivity contribution in [3.63, 3.8) is 0 Å². The lowest BCUT2D eigenvalue weighted by molar-refractivity contribution is -0.121. The van der Waals surface area contributed by atoms with Crippen LogP contribution in [0.2, 0.25) is 0 Å². The van der Waals surface area contributed by atoms with Gasteiger partial charge in [0.2, 0.25) is 5.91 Å². The van der Waals surface area contributed by atoms with Gasteiger partial charge >= 0.3 is 0 Å². The van der Waals surface area contributed by atoms with E-state index >= 15 is 0 Å². The largest absolute Gasteiger partial charge is 0.494 e. The van der Waals surface area contributed by atoms with Crippen molar-refractivity contribution in [3.05, 3.63) is 29.8 Å². The van der Waals surface area contributed by atoms with E-state index in [-0.39, 0.29) is 5.91 Å². The average Bonchev–Trinajstić information content (AvgIpc) is 2.73. The fourth-order valence-corrected chi connectivity index (χ4v) is 3.17. The number of hydrogen-bond donors (Lipinski definition) is 1. The topological polar surface area (TPSA) is 50.7 Å². The Bertz CT molecular complexity index is 540. The molecule has 0 heterocycles. The Morgan fingerprint density at radius 2 is 1.38 bits per heavy atom. The first-order chi connectivity index (χ1) is 14.3. The first-order valence-electron chi connectivity index (χ1n) is 11.8. The van der Waals surface area contributed by atoms with Gasteiger partial charge in [-0.05, 0) is 42.7 Å². The summed E-state index contributed by atoms with van der Waals surface area (Å²) in [5, 5.41) is 4.05. The smallest absolute Gasteiger partial charge is 0.240 e. The lowest BCUT2D eigenvalue weighted by Crippen LogP contribution is -2.16. The second-order valence-corrected chi connectivity index (χ2v) is 7.85. The van der Waals surface area contributed by atoms with Crippen LogP contribution in [0.3, 0.4) is 0 Å². The van der Waals surface area contributed by atoms with E-state index in [1.165, 1.54) is 57.8 Å². The number of carbonyl (C=O) groups is 1. The molecule has 164 valence electrons. The second kappa shape index (κ2) is 18.2. The fraction of sp³-hybridized carbons (Fsp3) is 0.680. The number of hydrogen-bond acceptors (Lipinski definition) is 3. The molecule has 0 atom stereocenters. The molecule has 29 heavy (non-hydrogen) atoms. The van der Waals surface area contributed by atoms with Crippen molar-refractivity contribution in [2.45, 2.75) is 104 Å². The number of rotatable bonds is 18. The van der Waals surface area contributed by atoms with Gasteiger partial charge in [0.05, 0.1) is 12.8 Å². The maximum Gasteiger partial charge on any atom is 0.240 e. The normalized spacial score (nSPS) is 11.1. The van der Waals surface area contributed by atoms with Crippen molar-refractivity contribution in [2.75, 3.05) is 6.61 Å². The van der Waals surface area contributed by atoms with E-state index in [2.05, 4.69) is 24.4 Å². The number of carbonyl (C=O) groups excluding carboxylic acids is 1. The summed E-state index contributed by atoms with van der Waals surface area (Å²) >= 11 is 0. The number of nitrogens with zero attached hydrogens (tertiary/aromatic N) is 1. The molecule has 0 aromatic heterocycles. The zero-order chi connectivity index (χ0) is 21.0. The minimum Gasteiger partial charge on any atom is -0.494 e. The summed E-state index contributed by atoms with van der Waals surface area (Å²) in [6.07, 6.45) is 18.6. The highest BCUT2D eigenvalue weighted by molar-refractivity contribution is 5.82. The highest BCUT2D eigenvalue weighted by Gasteiger charge is 2.00. The van der Waals surface area contributed by atoms with Gasteiger partial charge in [0.1, 0.15) is 5.75 Å². The van der Waals surface area contributed by atoms with E-state index in [4.69, 9.17) is 4.74 Å². The van der Waals surface area contributed by atoms with Crippen molar-refractivity contribution in [1.82, 2.24) is 5.43 Å². The molecule has 1 aromatic carbocycles. The molecule has 0 saturated carbocycles. The van der Waals surface area contributed by atoms with Crippen molar-refractivity contribution in [2.24, 2.45) is 5.10 Å². The number of hydrazone groups is 1. The molecule has 1 N–H and O–H groups in total. The van der Waals surface area contributed by atoms with Gasteiger partial charge in [-0.15, -0.1) is 0 Å². The molecule has 0 bridgehead atoms. The summed E-state index contributed by atoms with van der Waals surface area (Å²) in [5.74, 6) is 0.868. The third kappa shape index (κ3) is 14.8. The standard InChI is InChI=1S/C25H42N2O2/c1-3-5-7-8-9-10-11-12-13-14-15-16-25(28)27-26-22-23-17-19-24(20-18-23)29-21-6-4-2/h17-20,22H,3-16,21H2,1-2H3,(H,27,28)/b26-22+. The van der Waals surface area contributed by atoms with Crippen LogP contribution in [0.1, 0.15) is 109 Å². The summed E-state index contributed by atoms with van der Waals surface area (Å²) in [6, 6.07) is 7.76. The maximum absolute atomic E-state index is 11.8. The number of benzene rings is 1. The second-order valence-electron chi connectivity index (χ2n) is 7.85. The number of nitrogens with one attached hydrogen (secondary N) is 1. The van der Waals surface area contributed by atoms with Crippen molar-refractivity contribution in [3.8, 4) is 5.75 Å². The Labute approximate surface area is 178 Å². The number of unbranched alkanes of at least 4 members (excludes halogenated alkanes) is 11. The van der Waals surface area contributed by atoms with E-state index in [9.17, 15) is 4.79 Å². The zero-order valence-electron chi connectivity index (χ0n) is 18.8. The maximum atomic E-state index is 11.8. The molecular weight excluding hydrogens is 360 g/mol.